The number of benzene rings is 1. The number of nitrogens with zero attached hydrogens (tertiary/aromatic N) is 1. The van der Waals surface area contributed by atoms with E-state index in [1.807, 2.05) is 19.2 Å². The molecule has 1 amide bonds. The molecule has 104 valence electrons. The van der Waals surface area contributed by atoms with Gasteiger partial charge in [-0.3, -0.25) is 10.1 Å². The molecule has 2 aromatic rings. The third-order valence-electron chi connectivity index (χ3n) is 2.81. The van der Waals surface area contributed by atoms with Gasteiger partial charge in [0.05, 0.1) is 5.69 Å². The highest BCUT2D eigenvalue weighted by atomic mass is 32.1. The van der Waals surface area contributed by atoms with Crippen LogP contribution >= 0.6 is 11.3 Å². The molecule has 3 nitrogen and oxygen atoms in total. The van der Waals surface area contributed by atoms with E-state index in [-0.39, 0.29) is 5.91 Å². The fourth-order valence-corrected chi connectivity index (χ4v) is 2.50. The van der Waals surface area contributed by atoms with Gasteiger partial charge in [-0.2, -0.15) is 0 Å². The van der Waals surface area contributed by atoms with Crippen LogP contribution in [0.25, 0.3) is 11.3 Å². The summed E-state index contributed by atoms with van der Waals surface area (Å²) < 4.78 is 0. The normalized spacial score (nSPS) is 10.2. The van der Waals surface area contributed by atoms with Gasteiger partial charge in [0.25, 0.3) is 0 Å². The number of allylic oxidation sites excluding steroid dienone is 1. The summed E-state index contributed by atoms with van der Waals surface area (Å²) in [6.45, 7) is 5.92. The van der Waals surface area contributed by atoms with Crippen molar-refractivity contribution >= 4 is 22.4 Å². The molecule has 0 aliphatic carbocycles. The van der Waals surface area contributed by atoms with Crippen molar-refractivity contribution in [1.29, 1.82) is 0 Å². The van der Waals surface area contributed by atoms with Crippen molar-refractivity contribution in [2.24, 2.45) is 0 Å². The van der Waals surface area contributed by atoms with Gasteiger partial charge in [0, 0.05) is 17.0 Å². The minimum atomic E-state index is -0.132. The van der Waals surface area contributed by atoms with Crippen molar-refractivity contribution in [3.8, 4) is 11.3 Å². The maximum absolute atomic E-state index is 11.6. The van der Waals surface area contributed by atoms with E-state index in [1.165, 1.54) is 16.9 Å². The number of aromatic nitrogens is 1. The van der Waals surface area contributed by atoms with E-state index in [2.05, 4.69) is 41.5 Å². The number of rotatable bonds is 4. The van der Waals surface area contributed by atoms with Gasteiger partial charge in [-0.1, -0.05) is 36.8 Å². The van der Waals surface area contributed by atoms with Crippen LogP contribution in [0.15, 0.2) is 41.3 Å². The van der Waals surface area contributed by atoms with Gasteiger partial charge in [0.2, 0.25) is 5.91 Å². The summed E-state index contributed by atoms with van der Waals surface area (Å²) in [4.78, 5) is 16.1. The maximum Gasteiger partial charge on any atom is 0.250 e. The first kappa shape index (κ1) is 14.5. The maximum atomic E-state index is 11.6. The van der Waals surface area contributed by atoms with Gasteiger partial charge < -0.3 is 0 Å². The first-order chi connectivity index (χ1) is 9.58. The molecule has 0 aliphatic rings. The summed E-state index contributed by atoms with van der Waals surface area (Å²) in [5.74, 6) is -0.132. The van der Waals surface area contributed by atoms with Gasteiger partial charge in [0.15, 0.2) is 5.13 Å². The highest BCUT2D eigenvalue weighted by molar-refractivity contribution is 7.14. The lowest BCUT2D eigenvalue weighted by molar-refractivity contribution is -0.111. The van der Waals surface area contributed by atoms with E-state index in [4.69, 9.17) is 0 Å². The smallest absolute Gasteiger partial charge is 0.250 e. The Morgan fingerprint density at radius 1 is 1.30 bits per heavy atom. The number of amides is 1. The first-order valence-electron chi connectivity index (χ1n) is 6.59. The molecular weight excluding hydrogens is 268 g/mol. The first-order valence-corrected chi connectivity index (χ1v) is 7.47. The van der Waals surface area contributed by atoms with Crippen LogP contribution in [0.1, 0.15) is 26.3 Å². The lowest BCUT2D eigenvalue weighted by Gasteiger charge is -1.99. The molecule has 0 fully saturated rings. The molecule has 0 unspecified atom stereocenters. The molecule has 0 saturated heterocycles. The summed E-state index contributed by atoms with van der Waals surface area (Å²) in [6.07, 6.45) is 2.60. The molecular formula is C16H18N2OS. The van der Waals surface area contributed by atoms with Crippen LogP contribution in [0.3, 0.4) is 0 Å². The minimum absolute atomic E-state index is 0.132. The Labute approximate surface area is 123 Å². The quantitative estimate of drug-likeness (QED) is 0.852. The van der Waals surface area contributed by atoms with Crippen molar-refractivity contribution in [2.75, 3.05) is 5.32 Å². The van der Waals surface area contributed by atoms with Gasteiger partial charge in [-0.25, -0.2) is 4.98 Å². The fraction of sp³-hybridized carbons (Fsp3) is 0.250. The molecule has 4 heteroatoms. The fourth-order valence-electron chi connectivity index (χ4n) is 1.78. The van der Waals surface area contributed by atoms with E-state index in [1.54, 1.807) is 6.08 Å². The molecule has 1 aromatic heterocycles. The Hall–Kier alpha value is -1.94. The molecule has 0 atom stereocenters. The minimum Gasteiger partial charge on any atom is -0.298 e. The Morgan fingerprint density at radius 3 is 2.60 bits per heavy atom. The van der Waals surface area contributed by atoms with Gasteiger partial charge in [0.1, 0.15) is 0 Å². The Morgan fingerprint density at radius 2 is 2.00 bits per heavy atom. The second kappa shape index (κ2) is 6.48. The number of thiazole rings is 1. The highest BCUT2D eigenvalue weighted by Crippen LogP contribution is 2.25. The van der Waals surface area contributed by atoms with Crippen LogP contribution < -0.4 is 5.32 Å². The molecule has 1 aromatic carbocycles. The van der Waals surface area contributed by atoms with Crippen LogP contribution in [0, 0.1) is 0 Å². The summed E-state index contributed by atoms with van der Waals surface area (Å²) in [7, 11) is 0. The third-order valence-corrected chi connectivity index (χ3v) is 3.57. The van der Waals surface area contributed by atoms with Gasteiger partial charge in [-0.05, 0) is 25.8 Å². The average Bonchev–Trinajstić information content (AvgIpc) is 2.86. The van der Waals surface area contributed by atoms with Gasteiger partial charge in [-0.15, -0.1) is 11.3 Å². The van der Waals surface area contributed by atoms with Crippen molar-refractivity contribution in [2.45, 2.75) is 27.2 Å². The van der Waals surface area contributed by atoms with Crippen LogP contribution in [-0.4, -0.2) is 10.9 Å². The van der Waals surface area contributed by atoms with Crippen LogP contribution in [-0.2, 0) is 11.2 Å². The molecule has 0 aliphatic heterocycles. The number of aryl methyl sites for hydroxylation is 1. The lowest BCUT2D eigenvalue weighted by atomic mass is 10.1. The SMILES string of the molecule is CCc1ccc(-c2csc(NC(=O)C=C(C)C)n2)cc1. The van der Waals surface area contributed by atoms with Crippen molar-refractivity contribution in [1.82, 2.24) is 4.98 Å². The monoisotopic (exact) mass is 286 g/mol. The second-order valence-electron chi connectivity index (χ2n) is 4.80. The van der Waals surface area contributed by atoms with E-state index in [0.29, 0.717) is 5.13 Å². The Balaban J connectivity index is 2.12. The molecule has 2 rings (SSSR count). The Kier molecular flexibility index (Phi) is 4.69. The van der Waals surface area contributed by atoms with E-state index in [9.17, 15) is 4.79 Å². The highest BCUT2D eigenvalue weighted by Gasteiger charge is 2.06. The number of hydrogen-bond donors (Lipinski definition) is 1. The van der Waals surface area contributed by atoms with Crippen LogP contribution in [0.4, 0.5) is 5.13 Å². The molecule has 0 radical (unpaired) electrons. The van der Waals surface area contributed by atoms with Crippen LogP contribution in [0.5, 0.6) is 0 Å². The van der Waals surface area contributed by atoms with E-state index in [0.717, 1.165) is 23.3 Å². The molecule has 1 N–H and O–H groups in total. The van der Waals surface area contributed by atoms with Crippen molar-refractivity contribution in [3.05, 3.63) is 46.9 Å². The summed E-state index contributed by atoms with van der Waals surface area (Å²) in [5.41, 5.74) is 4.24. The standard InChI is InChI=1S/C16H18N2OS/c1-4-12-5-7-13(8-6-12)14-10-20-16(17-14)18-15(19)9-11(2)3/h5-10H,4H2,1-3H3,(H,17,18,19). The average molecular weight is 286 g/mol. The number of nitrogens with one attached hydrogen (secondary N) is 1. The summed E-state index contributed by atoms with van der Waals surface area (Å²) in [6, 6.07) is 8.34. The topological polar surface area (TPSA) is 42.0 Å². The van der Waals surface area contributed by atoms with Crippen LogP contribution in [0.2, 0.25) is 0 Å². The molecule has 0 saturated carbocycles. The second-order valence-corrected chi connectivity index (χ2v) is 5.66. The largest absolute Gasteiger partial charge is 0.298 e. The summed E-state index contributed by atoms with van der Waals surface area (Å²) >= 11 is 1.44. The molecule has 1 heterocycles. The Bertz CT molecular complexity index is 622. The van der Waals surface area contributed by atoms with Crippen molar-refractivity contribution in [3.63, 3.8) is 0 Å². The summed E-state index contributed by atoms with van der Waals surface area (Å²) in [5, 5.41) is 5.36. The number of hydrogen-bond acceptors (Lipinski definition) is 3. The number of anilines is 1. The van der Waals surface area contributed by atoms with E-state index >= 15 is 0 Å². The number of carbonyl (C=O) groups is 1. The molecule has 0 spiro atoms. The van der Waals surface area contributed by atoms with Crippen molar-refractivity contribution < 1.29 is 4.79 Å². The zero-order valence-corrected chi connectivity index (χ0v) is 12.8. The number of carbonyl (C=O) groups excluding carboxylic acids is 1. The zero-order valence-electron chi connectivity index (χ0n) is 11.9. The molecule has 0 bridgehead atoms. The third kappa shape index (κ3) is 3.78. The predicted octanol–water partition coefficient (Wildman–Crippen LogP) is 4.28. The predicted molar refractivity (Wildman–Crippen MR) is 85.0 cm³/mol. The molecule has 20 heavy (non-hydrogen) atoms. The van der Waals surface area contributed by atoms with Gasteiger partial charge >= 0.3 is 0 Å². The van der Waals surface area contributed by atoms with E-state index < -0.39 is 0 Å². The lowest BCUT2D eigenvalue weighted by Crippen LogP contribution is -2.07. The zero-order chi connectivity index (χ0) is 14.5.